The molecular formula is C19H24F3NO3S. The number of benzene rings is 1. The van der Waals surface area contributed by atoms with Crippen LogP contribution in [0.25, 0.3) is 0 Å². The fraction of sp³-hybridized carbons (Fsp3) is 0.632. The third kappa shape index (κ3) is 5.61. The van der Waals surface area contributed by atoms with Gasteiger partial charge in [-0.25, -0.2) is 0 Å². The van der Waals surface area contributed by atoms with Gasteiger partial charge >= 0.3 is 15.6 Å². The van der Waals surface area contributed by atoms with Gasteiger partial charge in [0.25, 0.3) is 0 Å². The van der Waals surface area contributed by atoms with Crippen LogP contribution in [0.5, 0.6) is 5.75 Å². The molecule has 0 N–H and O–H groups in total. The highest BCUT2D eigenvalue weighted by Gasteiger charge is 2.48. The molecule has 1 fully saturated rings. The minimum Gasteiger partial charge on any atom is -0.375 e. The third-order valence-electron chi connectivity index (χ3n) is 5.14. The summed E-state index contributed by atoms with van der Waals surface area (Å²) >= 11 is 0. The van der Waals surface area contributed by atoms with E-state index < -0.39 is 21.4 Å². The summed E-state index contributed by atoms with van der Waals surface area (Å²) in [6, 6.07) is 5.89. The molecule has 1 aromatic carbocycles. The van der Waals surface area contributed by atoms with E-state index in [2.05, 4.69) is 11.1 Å². The quantitative estimate of drug-likeness (QED) is 0.336. The van der Waals surface area contributed by atoms with E-state index >= 15 is 0 Å². The maximum Gasteiger partial charge on any atom is 0.534 e. The molecule has 4 nitrogen and oxygen atoms in total. The van der Waals surface area contributed by atoms with Gasteiger partial charge in [0.15, 0.2) is 5.75 Å². The Kier molecular flexibility index (Phi) is 7.15. The maximum absolute atomic E-state index is 12.5. The highest BCUT2D eigenvalue weighted by Crippen LogP contribution is 2.39. The second kappa shape index (κ2) is 8.96. The van der Waals surface area contributed by atoms with Crippen molar-refractivity contribution in [2.45, 2.75) is 69.7 Å². The minimum atomic E-state index is -5.79. The van der Waals surface area contributed by atoms with Crippen molar-refractivity contribution in [1.29, 1.82) is 5.26 Å². The molecule has 2 rings (SSSR count). The smallest absolute Gasteiger partial charge is 0.375 e. The van der Waals surface area contributed by atoms with Crippen LogP contribution in [-0.2, 0) is 10.1 Å². The second-order valence-electron chi connectivity index (χ2n) is 7.06. The molecule has 0 heterocycles. The molecule has 1 aliphatic rings. The second-order valence-corrected chi connectivity index (χ2v) is 8.60. The Morgan fingerprint density at radius 1 is 1.19 bits per heavy atom. The Balaban J connectivity index is 2.06. The van der Waals surface area contributed by atoms with Gasteiger partial charge in [0.2, 0.25) is 0 Å². The van der Waals surface area contributed by atoms with Gasteiger partial charge < -0.3 is 4.18 Å². The van der Waals surface area contributed by atoms with E-state index in [1.165, 1.54) is 31.7 Å². The van der Waals surface area contributed by atoms with Crippen molar-refractivity contribution >= 4 is 10.1 Å². The summed E-state index contributed by atoms with van der Waals surface area (Å²) in [5, 5.41) is 9.20. The molecular weight excluding hydrogens is 379 g/mol. The Morgan fingerprint density at radius 2 is 1.85 bits per heavy atom. The van der Waals surface area contributed by atoms with Crippen molar-refractivity contribution in [2.75, 3.05) is 0 Å². The fourth-order valence-corrected chi connectivity index (χ4v) is 4.07. The Bertz CT molecular complexity index is 776. The van der Waals surface area contributed by atoms with Crippen molar-refractivity contribution in [1.82, 2.24) is 0 Å². The summed E-state index contributed by atoms with van der Waals surface area (Å²) in [6.07, 6.45) is 9.02. The van der Waals surface area contributed by atoms with Gasteiger partial charge in [0.1, 0.15) is 6.07 Å². The molecule has 0 spiro atoms. The Hall–Kier alpha value is -1.75. The van der Waals surface area contributed by atoms with E-state index in [-0.39, 0.29) is 11.5 Å². The number of halogens is 3. The number of unbranched alkanes of at least 4 members (excludes halogenated alkanes) is 2. The maximum atomic E-state index is 12.5. The van der Waals surface area contributed by atoms with Gasteiger partial charge in [-0.05, 0) is 55.2 Å². The highest BCUT2D eigenvalue weighted by molar-refractivity contribution is 7.88. The predicted molar refractivity (Wildman–Crippen MR) is 95.6 cm³/mol. The van der Waals surface area contributed by atoms with Crippen LogP contribution in [0.15, 0.2) is 18.2 Å². The van der Waals surface area contributed by atoms with E-state index in [0.29, 0.717) is 5.92 Å². The topological polar surface area (TPSA) is 67.2 Å². The van der Waals surface area contributed by atoms with Gasteiger partial charge in [-0.1, -0.05) is 38.7 Å². The first-order valence-corrected chi connectivity index (χ1v) is 10.6. The van der Waals surface area contributed by atoms with Crippen LogP contribution in [-0.4, -0.2) is 13.9 Å². The van der Waals surface area contributed by atoms with Crippen molar-refractivity contribution in [3.63, 3.8) is 0 Å². The number of nitriles is 1. The average Bonchev–Trinajstić information content (AvgIpc) is 2.62. The van der Waals surface area contributed by atoms with Gasteiger partial charge in [-0.2, -0.15) is 26.9 Å². The summed E-state index contributed by atoms with van der Waals surface area (Å²) in [4.78, 5) is 0. The molecule has 0 bridgehead atoms. The van der Waals surface area contributed by atoms with Crippen LogP contribution in [0, 0.1) is 17.2 Å². The Morgan fingerprint density at radius 3 is 2.41 bits per heavy atom. The molecule has 0 radical (unpaired) electrons. The number of hydrogen-bond acceptors (Lipinski definition) is 4. The molecule has 1 aliphatic carbocycles. The molecule has 1 saturated carbocycles. The van der Waals surface area contributed by atoms with Crippen molar-refractivity contribution in [2.24, 2.45) is 5.92 Å². The largest absolute Gasteiger partial charge is 0.534 e. The standard InChI is InChI=1S/C19H24F3NO3S/c1-2-3-4-5-14-6-8-15(9-7-14)16-10-11-18(17(12-16)13-23)26-27(24,25)19(20,21)22/h10-12,14-15H,2-9H2,1H3. The van der Waals surface area contributed by atoms with Crippen molar-refractivity contribution in [3.05, 3.63) is 29.3 Å². The SMILES string of the molecule is CCCCCC1CCC(c2ccc(OS(=O)(=O)C(F)(F)F)c(C#N)c2)CC1. The molecule has 27 heavy (non-hydrogen) atoms. The van der Waals surface area contributed by atoms with Gasteiger partial charge in [0, 0.05) is 0 Å². The number of hydrogen-bond donors (Lipinski definition) is 0. The van der Waals surface area contributed by atoms with Crippen molar-refractivity contribution in [3.8, 4) is 11.8 Å². The first kappa shape index (κ1) is 21.5. The zero-order chi connectivity index (χ0) is 20.1. The van der Waals surface area contributed by atoms with E-state index in [0.717, 1.165) is 37.3 Å². The first-order valence-electron chi connectivity index (χ1n) is 9.22. The predicted octanol–water partition coefficient (Wildman–Crippen LogP) is 5.64. The summed E-state index contributed by atoms with van der Waals surface area (Å²) in [6.45, 7) is 2.18. The van der Waals surface area contributed by atoms with Crippen LogP contribution in [0.3, 0.4) is 0 Å². The Labute approximate surface area is 158 Å². The van der Waals surface area contributed by atoms with E-state index in [9.17, 15) is 26.9 Å². The van der Waals surface area contributed by atoms with E-state index in [1.54, 1.807) is 12.1 Å². The molecule has 150 valence electrons. The highest BCUT2D eigenvalue weighted by atomic mass is 32.2. The van der Waals surface area contributed by atoms with Crippen LogP contribution >= 0.6 is 0 Å². The number of rotatable bonds is 7. The van der Waals surface area contributed by atoms with E-state index in [4.69, 9.17) is 0 Å². The molecule has 1 aromatic rings. The zero-order valence-electron chi connectivity index (χ0n) is 15.3. The third-order valence-corrected chi connectivity index (χ3v) is 6.11. The molecule has 0 aromatic heterocycles. The number of alkyl halides is 3. The normalized spacial score (nSPS) is 20.9. The molecule has 0 amide bonds. The van der Waals surface area contributed by atoms with Crippen LogP contribution in [0.1, 0.15) is 75.3 Å². The monoisotopic (exact) mass is 403 g/mol. The number of nitrogens with zero attached hydrogens (tertiary/aromatic N) is 1. The average molecular weight is 403 g/mol. The summed E-state index contributed by atoms with van der Waals surface area (Å²) in [5.41, 5.74) is -4.89. The van der Waals surface area contributed by atoms with Gasteiger partial charge in [-0.3, -0.25) is 0 Å². The van der Waals surface area contributed by atoms with Crippen LogP contribution in [0.2, 0.25) is 0 Å². The molecule has 0 atom stereocenters. The lowest BCUT2D eigenvalue weighted by atomic mass is 9.77. The van der Waals surface area contributed by atoms with Crippen LogP contribution < -0.4 is 4.18 Å². The van der Waals surface area contributed by atoms with Gasteiger partial charge in [-0.15, -0.1) is 0 Å². The summed E-state index contributed by atoms with van der Waals surface area (Å²) in [7, 11) is -5.79. The summed E-state index contributed by atoms with van der Waals surface area (Å²) in [5.74, 6) is 0.349. The lowest BCUT2D eigenvalue weighted by molar-refractivity contribution is -0.0500. The minimum absolute atomic E-state index is 0.203. The van der Waals surface area contributed by atoms with Crippen LogP contribution in [0.4, 0.5) is 13.2 Å². The lowest BCUT2D eigenvalue weighted by Crippen LogP contribution is -2.28. The van der Waals surface area contributed by atoms with E-state index in [1.807, 2.05) is 0 Å². The molecule has 0 aliphatic heterocycles. The van der Waals surface area contributed by atoms with Crippen molar-refractivity contribution < 1.29 is 25.8 Å². The molecule has 0 unspecified atom stereocenters. The first-order chi connectivity index (χ1) is 12.7. The zero-order valence-corrected chi connectivity index (χ0v) is 16.1. The lowest BCUT2D eigenvalue weighted by Gasteiger charge is -2.29. The van der Waals surface area contributed by atoms with Gasteiger partial charge in [0.05, 0.1) is 5.56 Å². The fourth-order valence-electron chi connectivity index (χ4n) is 3.59. The molecule has 0 saturated heterocycles. The molecule has 8 heteroatoms. The summed E-state index contributed by atoms with van der Waals surface area (Å²) < 4.78 is 63.9.